The van der Waals surface area contributed by atoms with Crippen LogP contribution in [0, 0.1) is 81.3 Å². The van der Waals surface area contributed by atoms with Crippen LogP contribution in [0.15, 0.2) is 0 Å². The van der Waals surface area contributed by atoms with Gasteiger partial charge in [0.2, 0.25) is 0 Å². The first-order valence-electron chi connectivity index (χ1n) is 36.0. The molecule has 1 saturated carbocycles. The van der Waals surface area contributed by atoms with E-state index in [1.165, 1.54) is 91.4 Å². The van der Waals surface area contributed by atoms with Crippen molar-refractivity contribution in [1.82, 2.24) is 0 Å². The van der Waals surface area contributed by atoms with Gasteiger partial charge in [0.25, 0.3) is 0 Å². The summed E-state index contributed by atoms with van der Waals surface area (Å²) in [5.41, 5.74) is 0.863. The van der Waals surface area contributed by atoms with E-state index in [0.717, 1.165) is 36.5 Å². The lowest BCUT2D eigenvalue weighted by Crippen LogP contribution is -2.35. The number of alkyl halides is 12. The summed E-state index contributed by atoms with van der Waals surface area (Å²) in [6.07, 6.45) is 0.636. The molecular formula is C75H162F12. The van der Waals surface area contributed by atoms with Crippen molar-refractivity contribution in [3.8, 4) is 0 Å². The topological polar surface area (TPSA) is 0 Å². The second-order valence-electron chi connectivity index (χ2n) is 29.5. The van der Waals surface area contributed by atoms with E-state index in [2.05, 4.69) is 152 Å². The van der Waals surface area contributed by atoms with Crippen molar-refractivity contribution in [3.05, 3.63) is 0 Å². The summed E-state index contributed by atoms with van der Waals surface area (Å²) in [5, 5.41) is 0. The van der Waals surface area contributed by atoms with Gasteiger partial charge in [-0.1, -0.05) is 352 Å². The van der Waals surface area contributed by atoms with E-state index in [4.69, 9.17) is 4.11 Å². The van der Waals surface area contributed by atoms with Crippen molar-refractivity contribution in [1.29, 1.82) is 0 Å². The minimum absolute atomic E-state index is 0.170. The second kappa shape index (κ2) is 68.0. The predicted molar refractivity (Wildman–Crippen MR) is 372 cm³/mol. The number of rotatable bonds is 13. The fourth-order valence-electron chi connectivity index (χ4n) is 5.38. The molecule has 6 atom stereocenters. The first-order chi connectivity index (χ1) is 39.7. The third kappa shape index (κ3) is 143. The summed E-state index contributed by atoms with van der Waals surface area (Å²) < 4.78 is 162. The van der Waals surface area contributed by atoms with E-state index in [1.54, 1.807) is 34.6 Å². The highest BCUT2D eigenvalue weighted by Gasteiger charge is 2.45. The number of unbranched alkanes of at least 4 members (excludes halogenated alkanes) is 2. The molecule has 5 unspecified atom stereocenters. The van der Waals surface area contributed by atoms with E-state index >= 15 is 0 Å². The Bertz CT molecular complexity index is 1330. The Labute approximate surface area is 545 Å². The molecule has 0 aromatic heterocycles. The van der Waals surface area contributed by atoms with Gasteiger partial charge in [0.1, 0.15) is 0 Å². The molecule has 87 heavy (non-hydrogen) atoms. The summed E-state index contributed by atoms with van der Waals surface area (Å²) in [4.78, 5) is 0. The molecule has 0 radical (unpaired) electrons. The van der Waals surface area contributed by atoms with Crippen LogP contribution in [-0.4, -0.2) is 24.7 Å². The summed E-state index contributed by atoms with van der Waals surface area (Å²) in [5.74, 6) is -0.240. The zero-order valence-electron chi connectivity index (χ0n) is 68.2. The van der Waals surface area contributed by atoms with Gasteiger partial charge in [0.05, 0.1) is 17.8 Å². The summed E-state index contributed by atoms with van der Waals surface area (Å²) in [6, 6.07) is 0. The maximum atomic E-state index is 12.4. The first-order valence-corrected chi connectivity index (χ1v) is 34.5. The van der Waals surface area contributed by atoms with Crippen LogP contribution in [0.2, 0.25) is 0 Å². The fraction of sp³-hybridized carbons (Fsp3) is 1.00. The molecule has 0 aliphatic heterocycles. The van der Waals surface area contributed by atoms with Gasteiger partial charge in [0.15, 0.2) is 0 Å². The monoisotopic (exact) mass is 1290 g/mol. The van der Waals surface area contributed by atoms with Crippen LogP contribution in [0.25, 0.3) is 0 Å². The molecule has 0 amide bonds. The summed E-state index contributed by atoms with van der Waals surface area (Å²) in [7, 11) is 0. The molecule has 12 heteroatoms. The molecule has 0 bridgehead atoms. The highest BCUT2D eigenvalue weighted by molar-refractivity contribution is 4.81. The Morgan fingerprint density at radius 1 is 0.425 bits per heavy atom. The zero-order valence-corrected chi connectivity index (χ0v) is 65.2. The summed E-state index contributed by atoms with van der Waals surface area (Å²) in [6.45, 7) is 74.6. The number of halogens is 12. The Morgan fingerprint density at radius 2 is 0.747 bits per heavy atom. The SMILES string of the molecule is CC(C)C.CC1CCCC(C(F)(F)F)[C@@H]1C.CCC(C)(C)C.CCC(C)C.CCC(C)C(F)(F)F.CCC(C)CC.CCC(C)CC(F)(F)F.CCCC(C)(C)C.CCCC(C)C.CCCC(C)C(F)(F)F.CCCCC.[2H]C(C)(C)C.[2H]C([2H])(C)C(C)(C)C. The molecule has 0 aromatic rings. The minimum Gasteiger partial charge on any atom is -0.171 e. The number of hydrogen-bond acceptors (Lipinski definition) is 0. The third-order valence-electron chi connectivity index (χ3n) is 13.4. The molecule has 0 spiro atoms. The molecule has 0 aromatic carbocycles. The normalized spacial score (nSPS) is 16.7. The van der Waals surface area contributed by atoms with Crippen LogP contribution in [-0.2, 0) is 0 Å². The van der Waals surface area contributed by atoms with E-state index < -0.39 is 55.3 Å². The van der Waals surface area contributed by atoms with Gasteiger partial charge in [-0.25, -0.2) is 0 Å². The van der Waals surface area contributed by atoms with Crippen LogP contribution in [0.5, 0.6) is 0 Å². The van der Waals surface area contributed by atoms with Crippen LogP contribution in [0.1, 0.15) is 389 Å². The van der Waals surface area contributed by atoms with E-state index in [9.17, 15) is 52.7 Å². The van der Waals surface area contributed by atoms with Gasteiger partial charge in [-0.15, -0.1) is 0 Å². The van der Waals surface area contributed by atoms with E-state index in [0.29, 0.717) is 30.1 Å². The average Bonchev–Trinajstić information content (AvgIpc) is 3.33. The maximum absolute atomic E-state index is 12.4. The molecule has 546 valence electrons. The molecule has 1 aliphatic rings. The van der Waals surface area contributed by atoms with Crippen molar-refractivity contribution >= 4 is 0 Å². The Hall–Kier alpha value is -0.840. The van der Waals surface area contributed by atoms with Crippen LogP contribution >= 0.6 is 0 Å². The molecule has 0 heterocycles. The van der Waals surface area contributed by atoms with Crippen molar-refractivity contribution in [2.75, 3.05) is 0 Å². The smallest absolute Gasteiger partial charge is 0.171 e. The molecule has 0 saturated heterocycles. The highest BCUT2D eigenvalue weighted by atomic mass is 19.4. The van der Waals surface area contributed by atoms with Crippen molar-refractivity contribution in [2.45, 2.75) is 409 Å². The highest BCUT2D eigenvalue weighted by Crippen LogP contribution is 2.43. The number of hydrogen-bond donors (Lipinski definition) is 0. The van der Waals surface area contributed by atoms with Crippen molar-refractivity contribution in [3.63, 3.8) is 0 Å². The summed E-state index contributed by atoms with van der Waals surface area (Å²) >= 11 is 0. The molecule has 1 aliphatic carbocycles. The van der Waals surface area contributed by atoms with Gasteiger partial charge < -0.3 is 0 Å². The average molecular weight is 1300 g/mol. The van der Waals surface area contributed by atoms with Gasteiger partial charge >= 0.3 is 24.7 Å². The standard InChI is InChI=1S/C9H15F3.C7H16.2C6H11F3.4C6H14.C5H9F3.2C5H12.2C4H10/c1-6-4-3-5-8(7(6)2)9(10,11)12;1-5-6-7(2,3)4;1-3-5(2)4-6(7,8)9;1-3-4-5(2)6(7,8)9;2*1-5-6(2,3)4;1-4-5-6(2)3;1-4-6(3)5-2;1-3-4(2)5(6,7)8;1-4-5(2)3;1-3-5-4-2;2*1-4(2)3/h6-8H,3-5H2,1-2H3;5-6H2,1-4H3;2*5H,3-4H2,1-2H3;2*5H2,1-4H3;2*6H,4-5H2,1-3H3;4H,3H2,1-2H3;5H,4H2,1-3H3;3-5H2,1-2H3;2*4H,1-3H3/t6?,7-,8?;;;;;;;;;;;;/m1............/s1/i;;;;5D2;;;;;;;4D;. The lowest BCUT2D eigenvalue weighted by molar-refractivity contribution is -0.199. The molecule has 1 rings (SSSR count). The van der Waals surface area contributed by atoms with Crippen molar-refractivity contribution in [2.24, 2.45) is 81.3 Å². The van der Waals surface area contributed by atoms with Crippen LogP contribution < -0.4 is 0 Å². The Balaban J connectivity index is -0.0000000740. The zero-order chi connectivity index (χ0) is 75.7. The molecular weight excluding hydrogens is 1130 g/mol. The third-order valence-corrected chi connectivity index (χ3v) is 13.4. The van der Waals surface area contributed by atoms with Gasteiger partial charge in [-0.2, -0.15) is 52.7 Å². The maximum Gasteiger partial charge on any atom is 0.392 e. The lowest BCUT2D eigenvalue weighted by Gasteiger charge is -2.35. The largest absolute Gasteiger partial charge is 0.392 e. The van der Waals surface area contributed by atoms with Gasteiger partial charge in [-0.05, 0) is 89.2 Å². The van der Waals surface area contributed by atoms with Crippen LogP contribution in [0.4, 0.5) is 52.7 Å². The van der Waals surface area contributed by atoms with Crippen LogP contribution in [0.3, 0.4) is 0 Å². The second-order valence-corrected chi connectivity index (χ2v) is 29.5. The van der Waals surface area contributed by atoms with E-state index in [-0.39, 0.29) is 41.9 Å². The molecule has 0 N–H and O–H groups in total. The van der Waals surface area contributed by atoms with Crippen molar-refractivity contribution < 1.29 is 56.8 Å². The first kappa shape index (κ1) is 105. The van der Waals surface area contributed by atoms with Gasteiger partial charge in [0, 0.05) is 10.5 Å². The quantitative estimate of drug-likeness (QED) is 0.161. The Morgan fingerprint density at radius 3 is 0.828 bits per heavy atom. The fourth-order valence-corrected chi connectivity index (χ4v) is 5.38. The molecule has 0 nitrogen and oxygen atoms in total. The Kier molecular flexibility index (Phi) is 82.1. The molecule has 1 fully saturated rings. The lowest BCUT2D eigenvalue weighted by atomic mass is 9.73. The minimum atomic E-state index is -3.99. The van der Waals surface area contributed by atoms with E-state index in [1.807, 2.05) is 48.5 Å². The predicted octanol–water partition coefficient (Wildman–Crippen LogP) is 32.4. The van der Waals surface area contributed by atoms with Gasteiger partial charge in [-0.3, -0.25) is 0 Å².